The van der Waals surface area contributed by atoms with E-state index < -0.39 is 5.92 Å². The standard InChI is InChI=1S/C23H22ClN3O4S/c1-3-31-20-14(8-6-10-17(20)30-2)15-11-18(28)25-21-19(15)22(29)27-23(26-21)32-12-13-7-4-5-9-16(13)24/h4-10,15H,3,11-12H2,1-2H3,(H2,25,26,27,28,29)/t15-/m1/s1. The van der Waals surface area contributed by atoms with Crippen LogP contribution in [0, 0.1) is 0 Å². The molecule has 0 fully saturated rings. The maximum absolute atomic E-state index is 13.1. The van der Waals surface area contributed by atoms with Gasteiger partial charge < -0.3 is 19.8 Å². The average molecular weight is 472 g/mol. The zero-order chi connectivity index (χ0) is 22.7. The summed E-state index contributed by atoms with van der Waals surface area (Å²) in [6.45, 7) is 2.29. The molecule has 0 unspecified atom stereocenters. The molecule has 166 valence electrons. The predicted octanol–water partition coefficient (Wildman–Crippen LogP) is 4.60. The van der Waals surface area contributed by atoms with Gasteiger partial charge in [0.2, 0.25) is 5.91 Å². The maximum Gasteiger partial charge on any atom is 0.257 e. The van der Waals surface area contributed by atoms with Gasteiger partial charge >= 0.3 is 0 Å². The molecular formula is C23H22ClN3O4S. The minimum Gasteiger partial charge on any atom is -0.493 e. The van der Waals surface area contributed by atoms with Gasteiger partial charge in [-0.25, -0.2) is 4.98 Å². The van der Waals surface area contributed by atoms with Crippen molar-refractivity contribution in [2.75, 3.05) is 19.0 Å². The fraction of sp³-hybridized carbons (Fsp3) is 0.261. The van der Waals surface area contributed by atoms with Gasteiger partial charge in [0.15, 0.2) is 16.7 Å². The number of aromatic nitrogens is 2. The Labute approximate surface area is 194 Å². The van der Waals surface area contributed by atoms with Crippen molar-refractivity contribution in [1.82, 2.24) is 9.97 Å². The van der Waals surface area contributed by atoms with Crippen LogP contribution in [0.4, 0.5) is 5.82 Å². The van der Waals surface area contributed by atoms with Gasteiger partial charge in [0.25, 0.3) is 5.56 Å². The number of carbonyl (C=O) groups is 1. The summed E-state index contributed by atoms with van der Waals surface area (Å²) in [5.74, 6) is 1.15. The second-order valence-corrected chi connectivity index (χ2v) is 8.50. The molecule has 4 rings (SSSR count). The summed E-state index contributed by atoms with van der Waals surface area (Å²) < 4.78 is 11.3. The Morgan fingerprint density at radius 3 is 2.75 bits per heavy atom. The number of benzene rings is 2. The SMILES string of the molecule is CCOc1c(OC)cccc1[C@H]1CC(=O)Nc2nc(SCc3ccccc3Cl)[nH]c(=O)c21. The maximum atomic E-state index is 13.1. The lowest BCUT2D eigenvalue weighted by atomic mass is 9.86. The summed E-state index contributed by atoms with van der Waals surface area (Å²) in [5, 5.41) is 3.80. The fourth-order valence-corrected chi connectivity index (χ4v) is 4.86. The van der Waals surface area contributed by atoms with Crippen molar-refractivity contribution in [3.63, 3.8) is 0 Å². The number of methoxy groups -OCH3 is 1. The molecule has 7 nitrogen and oxygen atoms in total. The van der Waals surface area contributed by atoms with Crippen molar-refractivity contribution in [1.29, 1.82) is 0 Å². The molecule has 1 aliphatic rings. The van der Waals surface area contributed by atoms with E-state index in [0.29, 0.717) is 45.2 Å². The lowest BCUT2D eigenvalue weighted by Crippen LogP contribution is -2.31. The summed E-state index contributed by atoms with van der Waals surface area (Å²) >= 11 is 7.57. The van der Waals surface area contributed by atoms with Crippen LogP contribution in [0.2, 0.25) is 5.02 Å². The molecule has 2 aromatic carbocycles. The largest absolute Gasteiger partial charge is 0.493 e. The van der Waals surface area contributed by atoms with Gasteiger partial charge in [0, 0.05) is 28.7 Å². The molecule has 0 aliphatic carbocycles. The lowest BCUT2D eigenvalue weighted by molar-refractivity contribution is -0.116. The quantitative estimate of drug-likeness (QED) is 0.386. The van der Waals surface area contributed by atoms with E-state index >= 15 is 0 Å². The van der Waals surface area contributed by atoms with Crippen LogP contribution in [0.3, 0.4) is 0 Å². The van der Waals surface area contributed by atoms with Crippen LogP contribution in [0.25, 0.3) is 0 Å². The van der Waals surface area contributed by atoms with Gasteiger partial charge in [0.05, 0.1) is 19.3 Å². The monoisotopic (exact) mass is 471 g/mol. The van der Waals surface area contributed by atoms with E-state index in [2.05, 4.69) is 15.3 Å². The first kappa shape index (κ1) is 22.2. The first-order chi connectivity index (χ1) is 15.5. The van der Waals surface area contributed by atoms with Crippen molar-refractivity contribution in [3.8, 4) is 11.5 Å². The van der Waals surface area contributed by atoms with Gasteiger partial charge in [0.1, 0.15) is 5.82 Å². The second kappa shape index (κ2) is 9.67. The predicted molar refractivity (Wildman–Crippen MR) is 125 cm³/mol. The number of nitrogens with one attached hydrogen (secondary N) is 2. The molecule has 3 aromatic rings. The minimum atomic E-state index is -0.505. The number of halogens is 1. The first-order valence-corrected chi connectivity index (χ1v) is 11.5. The van der Waals surface area contributed by atoms with Crippen LogP contribution in [0.5, 0.6) is 11.5 Å². The van der Waals surface area contributed by atoms with Crippen LogP contribution in [0.1, 0.15) is 36.0 Å². The number of hydrogen-bond donors (Lipinski definition) is 2. The Morgan fingerprint density at radius 2 is 2.00 bits per heavy atom. The Balaban J connectivity index is 1.72. The molecular weight excluding hydrogens is 450 g/mol. The number of nitrogens with zero attached hydrogens (tertiary/aromatic N) is 1. The molecule has 32 heavy (non-hydrogen) atoms. The topological polar surface area (TPSA) is 93.3 Å². The zero-order valence-electron chi connectivity index (χ0n) is 17.6. The number of para-hydroxylation sites is 1. The normalized spacial score (nSPS) is 15.1. The van der Waals surface area contributed by atoms with Gasteiger partial charge in [-0.05, 0) is 24.6 Å². The van der Waals surface area contributed by atoms with E-state index in [-0.39, 0.29) is 23.7 Å². The molecule has 1 amide bonds. The molecule has 0 saturated heterocycles. The Hall–Kier alpha value is -2.97. The molecule has 1 aromatic heterocycles. The van der Waals surface area contributed by atoms with Crippen molar-refractivity contribution in [2.24, 2.45) is 0 Å². The minimum absolute atomic E-state index is 0.108. The highest BCUT2D eigenvalue weighted by atomic mass is 35.5. The number of aromatic amines is 1. The summed E-state index contributed by atoms with van der Waals surface area (Å²) in [4.78, 5) is 33.0. The summed E-state index contributed by atoms with van der Waals surface area (Å²) in [6, 6.07) is 12.9. The highest BCUT2D eigenvalue weighted by Crippen LogP contribution is 2.42. The Kier molecular flexibility index (Phi) is 6.72. The second-order valence-electron chi connectivity index (χ2n) is 7.13. The van der Waals surface area contributed by atoms with E-state index in [1.807, 2.05) is 43.3 Å². The highest BCUT2D eigenvalue weighted by Gasteiger charge is 2.33. The number of hydrogen-bond acceptors (Lipinski definition) is 6. The van der Waals surface area contributed by atoms with E-state index in [0.717, 1.165) is 5.56 Å². The third kappa shape index (κ3) is 4.47. The van der Waals surface area contributed by atoms with Crippen LogP contribution in [-0.4, -0.2) is 29.6 Å². The Morgan fingerprint density at radius 1 is 1.19 bits per heavy atom. The number of amides is 1. The van der Waals surface area contributed by atoms with Crippen LogP contribution >= 0.6 is 23.4 Å². The molecule has 0 saturated carbocycles. The van der Waals surface area contributed by atoms with Crippen molar-refractivity contribution in [2.45, 2.75) is 30.2 Å². The number of carbonyl (C=O) groups excluding carboxylic acids is 1. The number of thioether (sulfide) groups is 1. The third-order valence-electron chi connectivity index (χ3n) is 5.14. The van der Waals surface area contributed by atoms with Gasteiger partial charge in [-0.15, -0.1) is 0 Å². The van der Waals surface area contributed by atoms with Crippen molar-refractivity contribution in [3.05, 3.63) is 74.5 Å². The number of ether oxygens (including phenoxy) is 2. The molecule has 1 atom stereocenters. The van der Waals surface area contributed by atoms with Gasteiger partial charge in [-0.2, -0.15) is 0 Å². The van der Waals surface area contributed by atoms with Crippen LogP contribution < -0.4 is 20.3 Å². The van der Waals surface area contributed by atoms with Crippen molar-refractivity contribution < 1.29 is 14.3 Å². The molecule has 2 N–H and O–H groups in total. The number of anilines is 1. The zero-order valence-corrected chi connectivity index (χ0v) is 19.2. The van der Waals surface area contributed by atoms with E-state index in [4.69, 9.17) is 21.1 Å². The van der Waals surface area contributed by atoms with Crippen LogP contribution in [-0.2, 0) is 10.5 Å². The summed E-state index contributed by atoms with van der Waals surface area (Å²) in [5.41, 5.74) is 1.75. The first-order valence-electron chi connectivity index (χ1n) is 10.1. The molecule has 2 heterocycles. The molecule has 0 bridgehead atoms. The van der Waals surface area contributed by atoms with Gasteiger partial charge in [-0.1, -0.05) is 53.7 Å². The van der Waals surface area contributed by atoms with Crippen molar-refractivity contribution >= 4 is 35.1 Å². The fourth-order valence-electron chi connectivity index (χ4n) is 3.71. The van der Waals surface area contributed by atoms with E-state index in [1.54, 1.807) is 13.2 Å². The lowest BCUT2D eigenvalue weighted by Gasteiger charge is -2.26. The number of rotatable bonds is 7. The van der Waals surface area contributed by atoms with E-state index in [1.165, 1.54) is 11.8 Å². The summed E-state index contributed by atoms with van der Waals surface area (Å²) in [7, 11) is 1.56. The molecule has 0 spiro atoms. The van der Waals surface area contributed by atoms with E-state index in [9.17, 15) is 9.59 Å². The summed E-state index contributed by atoms with van der Waals surface area (Å²) in [6.07, 6.45) is 0.108. The van der Waals surface area contributed by atoms with Crippen LogP contribution in [0.15, 0.2) is 52.4 Å². The molecule has 9 heteroatoms. The third-order valence-corrected chi connectivity index (χ3v) is 6.44. The Bertz CT molecular complexity index is 1210. The van der Waals surface area contributed by atoms with Gasteiger partial charge in [-0.3, -0.25) is 9.59 Å². The average Bonchev–Trinajstić information content (AvgIpc) is 2.78. The molecule has 0 radical (unpaired) electrons. The number of fused-ring (bicyclic) bond motifs is 1. The number of H-pyrrole nitrogens is 1. The smallest absolute Gasteiger partial charge is 0.257 e. The molecule has 1 aliphatic heterocycles. The highest BCUT2D eigenvalue weighted by molar-refractivity contribution is 7.98.